The largest absolute Gasteiger partial charge is 0.481 e. The molecule has 2 unspecified atom stereocenters. The van der Waals surface area contributed by atoms with Crippen molar-refractivity contribution in [3.63, 3.8) is 0 Å². The third-order valence-corrected chi connectivity index (χ3v) is 3.62. The molecule has 1 aromatic carbocycles. The van der Waals surface area contributed by atoms with Crippen LogP contribution in [0.3, 0.4) is 0 Å². The van der Waals surface area contributed by atoms with Gasteiger partial charge in [0.25, 0.3) is 0 Å². The average Bonchev–Trinajstić information content (AvgIpc) is 3.01. The van der Waals surface area contributed by atoms with Gasteiger partial charge in [-0.2, -0.15) is 0 Å². The van der Waals surface area contributed by atoms with Gasteiger partial charge in [-0.15, -0.1) is 0 Å². The van der Waals surface area contributed by atoms with Crippen molar-refractivity contribution in [3.05, 3.63) is 28.2 Å². The predicted octanol–water partition coefficient (Wildman–Crippen LogP) is 2.90. The highest BCUT2D eigenvalue weighted by molar-refractivity contribution is 6.42. The summed E-state index contributed by atoms with van der Waals surface area (Å²) in [6, 6.07) is 5.37. The maximum Gasteiger partial charge on any atom is 0.308 e. The van der Waals surface area contributed by atoms with Gasteiger partial charge in [-0.25, -0.2) is 0 Å². The summed E-state index contributed by atoms with van der Waals surface area (Å²) in [5, 5.41) is 9.83. The van der Waals surface area contributed by atoms with Gasteiger partial charge >= 0.3 is 5.97 Å². The quantitative estimate of drug-likeness (QED) is 0.908. The van der Waals surface area contributed by atoms with Crippen LogP contribution in [0.25, 0.3) is 0 Å². The van der Waals surface area contributed by atoms with Crippen LogP contribution >= 0.6 is 23.2 Å². The number of nitrogens with zero attached hydrogens (tertiary/aromatic N) is 1. The van der Waals surface area contributed by atoms with Crippen molar-refractivity contribution < 1.29 is 9.90 Å². The van der Waals surface area contributed by atoms with Crippen molar-refractivity contribution in [1.82, 2.24) is 0 Å². The van der Waals surface area contributed by atoms with Crippen LogP contribution in [0.5, 0.6) is 0 Å². The second-order valence-electron chi connectivity index (χ2n) is 3.96. The van der Waals surface area contributed by atoms with E-state index in [1.807, 2.05) is 18.0 Å². The molecule has 0 bridgehead atoms. The van der Waals surface area contributed by atoms with Crippen molar-refractivity contribution >= 4 is 34.9 Å². The first-order valence-corrected chi connectivity index (χ1v) is 5.67. The van der Waals surface area contributed by atoms with Gasteiger partial charge in [-0.05, 0) is 24.6 Å². The molecule has 1 N–H and O–H groups in total. The summed E-state index contributed by atoms with van der Waals surface area (Å²) >= 11 is 11.7. The van der Waals surface area contributed by atoms with Crippen molar-refractivity contribution in [2.75, 3.05) is 11.9 Å². The zero-order valence-corrected chi connectivity index (χ0v) is 10.2. The number of carboxylic acid groups (broad SMARTS) is 1. The summed E-state index contributed by atoms with van der Waals surface area (Å²) in [4.78, 5) is 12.7. The third kappa shape index (κ3) is 2.11. The minimum atomic E-state index is -0.739. The summed E-state index contributed by atoms with van der Waals surface area (Å²) in [7, 11) is 1.87. The Hall–Kier alpha value is -0.930. The number of carbonyl (C=O) groups is 1. The van der Waals surface area contributed by atoms with E-state index in [0.29, 0.717) is 16.5 Å². The highest BCUT2D eigenvalue weighted by Gasteiger charge is 2.46. The summed E-state index contributed by atoms with van der Waals surface area (Å²) in [5.74, 6) is -1.00. The maximum atomic E-state index is 10.8. The zero-order valence-electron chi connectivity index (χ0n) is 8.65. The molecule has 3 nitrogen and oxygen atoms in total. The van der Waals surface area contributed by atoms with Crippen molar-refractivity contribution in [1.29, 1.82) is 0 Å². The lowest BCUT2D eigenvalue weighted by Gasteiger charge is -2.19. The molecule has 1 saturated carbocycles. The molecule has 0 amide bonds. The summed E-state index contributed by atoms with van der Waals surface area (Å²) in [5.41, 5.74) is 0.892. The lowest BCUT2D eigenvalue weighted by atomic mass is 10.3. The standard InChI is InChI=1S/C11H11Cl2NO2/c1-14(10-5-7(10)11(15)16)6-2-3-8(12)9(13)4-6/h2-4,7,10H,5H2,1H3,(H,15,16). The molecule has 5 heteroatoms. The summed E-state index contributed by atoms with van der Waals surface area (Å²) in [6.45, 7) is 0. The Labute approximate surface area is 104 Å². The maximum absolute atomic E-state index is 10.8. The fourth-order valence-electron chi connectivity index (χ4n) is 1.77. The Morgan fingerprint density at radius 1 is 1.44 bits per heavy atom. The van der Waals surface area contributed by atoms with Crippen LogP contribution in [-0.4, -0.2) is 24.2 Å². The molecule has 1 aliphatic carbocycles. The van der Waals surface area contributed by atoms with Crippen LogP contribution in [0.2, 0.25) is 10.0 Å². The number of rotatable bonds is 3. The topological polar surface area (TPSA) is 40.5 Å². The SMILES string of the molecule is CN(c1ccc(Cl)c(Cl)c1)C1CC1C(=O)O. The minimum absolute atomic E-state index is 0.0646. The molecule has 1 aliphatic rings. The van der Waals surface area contributed by atoms with E-state index >= 15 is 0 Å². The lowest BCUT2D eigenvalue weighted by Crippen LogP contribution is -2.23. The summed E-state index contributed by atoms with van der Waals surface area (Å²) < 4.78 is 0. The normalized spacial score (nSPS) is 22.9. The zero-order chi connectivity index (χ0) is 11.9. The monoisotopic (exact) mass is 259 g/mol. The van der Waals surface area contributed by atoms with E-state index < -0.39 is 5.97 Å². The number of halogens is 2. The highest BCUT2D eigenvalue weighted by atomic mass is 35.5. The number of carboxylic acids is 1. The van der Waals surface area contributed by atoms with Gasteiger partial charge in [0.2, 0.25) is 0 Å². The third-order valence-electron chi connectivity index (χ3n) is 2.88. The molecule has 86 valence electrons. The number of aliphatic carboxylic acids is 1. The molecule has 16 heavy (non-hydrogen) atoms. The first-order valence-electron chi connectivity index (χ1n) is 4.91. The molecule has 0 heterocycles. The van der Waals surface area contributed by atoms with Gasteiger partial charge in [0.1, 0.15) is 0 Å². The molecule has 1 aromatic rings. The predicted molar refractivity (Wildman–Crippen MR) is 64.4 cm³/mol. The number of hydrogen-bond acceptors (Lipinski definition) is 2. The first kappa shape index (κ1) is 11.6. The Morgan fingerprint density at radius 3 is 2.62 bits per heavy atom. The fraction of sp³-hybridized carbons (Fsp3) is 0.364. The van der Waals surface area contributed by atoms with Crippen LogP contribution in [0.1, 0.15) is 6.42 Å². The van der Waals surface area contributed by atoms with Gasteiger partial charge in [-0.3, -0.25) is 4.79 Å². The van der Waals surface area contributed by atoms with Gasteiger partial charge in [0, 0.05) is 18.8 Å². The first-order chi connectivity index (χ1) is 7.50. The van der Waals surface area contributed by atoms with E-state index in [1.54, 1.807) is 12.1 Å². The number of anilines is 1. The van der Waals surface area contributed by atoms with E-state index in [0.717, 1.165) is 5.69 Å². The van der Waals surface area contributed by atoms with Crippen molar-refractivity contribution in [2.24, 2.45) is 5.92 Å². The average molecular weight is 260 g/mol. The molecule has 0 radical (unpaired) electrons. The van der Waals surface area contributed by atoms with E-state index in [4.69, 9.17) is 28.3 Å². The van der Waals surface area contributed by atoms with Gasteiger partial charge in [-0.1, -0.05) is 23.2 Å². The van der Waals surface area contributed by atoms with Crippen LogP contribution in [-0.2, 0) is 4.79 Å². The molecular formula is C11H11Cl2NO2. The molecule has 0 aromatic heterocycles. The van der Waals surface area contributed by atoms with Gasteiger partial charge in [0.15, 0.2) is 0 Å². The van der Waals surface area contributed by atoms with E-state index in [-0.39, 0.29) is 12.0 Å². The Morgan fingerprint density at radius 2 is 2.12 bits per heavy atom. The second-order valence-corrected chi connectivity index (χ2v) is 4.77. The van der Waals surface area contributed by atoms with Crippen LogP contribution in [0.15, 0.2) is 18.2 Å². The number of benzene rings is 1. The smallest absolute Gasteiger partial charge is 0.308 e. The van der Waals surface area contributed by atoms with Crippen LogP contribution in [0.4, 0.5) is 5.69 Å². The molecular weight excluding hydrogens is 249 g/mol. The van der Waals surface area contributed by atoms with Crippen LogP contribution < -0.4 is 4.90 Å². The van der Waals surface area contributed by atoms with E-state index in [1.165, 1.54) is 0 Å². The highest BCUT2D eigenvalue weighted by Crippen LogP contribution is 2.38. The van der Waals surface area contributed by atoms with Crippen molar-refractivity contribution in [2.45, 2.75) is 12.5 Å². The fourth-order valence-corrected chi connectivity index (χ4v) is 2.06. The molecule has 0 aliphatic heterocycles. The molecule has 0 spiro atoms. The number of hydrogen-bond donors (Lipinski definition) is 1. The molecule has 1 fully saturated rings. The molecule has 2 rings (SSSR count). The van der Waals surface area contributed by atoms with Crippen LogP contribution in [0, 0.1) is 5.92 Å². The van der Waals surface area contributed by atoms with Gasteiger partial charge in [0.05, 0.1) is 16.0 Å². The lowest BCUT2D eigenvalue weighted by molar-refractivity contribution is -0.138. The van der Waals surface area contributed by atoms with Crippen molar-refractivity contribution in [3.8, 4) is 0 Å². The summed E-state index contributed by atoms with van der Waals surface area (Å²) in [6.07, 6.45) is 0.687. The molecule has 2 atom stereocenters. The minimum Gasteiger partial charge on any atom is -0.481 e. The second kappa shape index (κ2) is 4.15. The Balaban J connectivity index is 2.13. The van der Waals surface area contributed by atoms with E-state index in [2.05, 4.69) is 0 Å². The molecule has 0 saturated heterocycles. The van der Waals surface area contributed by atoms with E-state index in [9.17, 15) is 4.79 Å². The van der Waals surface area contributed by atoms with Gasteiger partial charge < -0.3 is 10.0 Å². The Kier molecular flexibility index (Phi) is 3.00. The Bertz CT molecular complexity index is 436.